The highest BCUT2D eigenvalue weighted by Gasteiger charge is 2.06. The first-order valence-electron chi connectivity index (χ1n) is 6.19. The molecule has 0 bridgehead atoms. The van der Waals surface area contributed by atoms with E-state index in [4.69, 9.17) is 4.74 Å². The summed E-state index contributed by atoms with van der Waals surface area (Å²) < 4.78 is 5.11. The van der Waals surface area contributed by atoms with E-state index in [1.165, 1.54) is 5.56 Å². The van der Waals surface area contributed by atoms with Crippen molar-refractivity contribution in [1.29, 1.82) is 0 Å². The number of ether oxygens (including phenoxy) is 1. The first-order chi connectivity index (χ1) is 8.67. The Morgan fingerprint density at radius 1 is 1.33 bits per heavy atom. The van der Waals surface area contributed by atoms with E-state index in [-0.39, 0.29) is 5.91 Å². The van der Waals surface area contributed by atoms with E-state index in [1.54, 1.807) is 19.1 Å². The molecule has 0 fully saturated rings. The zero-order chi connectivity index (χ0) is 13.4. The molecule has 18 heavy (non-hydrogen) atoms. The highest BCUT2D eigenvalue weighted by Crippen LogP contribution is 2.12. The second-order valence-electron chi connectivity index (χ2n) is 4.30. The van der Waals surface area contributed by atoms with Crippen LogP contribution in [0.25, 0.3) is 0 Å². The lowest BCUT2D eigenvalue weighted by atomic mass is 10.1. The van der Waals surface area contributed by atoms with Crippen LogP contribution in [0.1, 0.15) is 12.0 Å². The number of aryl methyl sites for hydroxylation is 1. The van der Waals surface area contributed by atoms with Gasteiger partial charge in [0, 0.05) is 13.6 Å². The number of hydrogen-bond donors (Lipinski definition) is 1. The minimum atomic E-state index is 0.132. The van der Waals surface area contributed by atoms with Crippen LogP contribution in [0, 0.1) is 0 Å². The van der Waals surface area contributed by atoms with Gasteiger partial charge in [0.15, 0.2) is 0 Å². The van der Waals surface area contributed by atoms with Crippen LogP contribution in [0.5, 0.6) is 5.75 Å². The number of rotatable bonds is 7. The summed E-state index contributed by atoms with van der Waals surface area (Å²) in [6.07, 6.45) is 1.94. The van der Waals surface area contributed by atoms with Crippen LogP contribution in [0.15, 0.2) is 24.3 Å². The van der Waals surface area contributed by atoms with Crippen LogP contribution >= 0.6 is 0 Å². The second-order valence-corrected chi connectivity index (χ2v) is 4.30. The molecule has 0 aromatic heterocycles. The van der Waals surface area contributed by atoms with Crippen LogP contribution in [-0.4, -0.2) is 45.1 Å². The van der Waals surface area contributed by atoms with Crippen LogP contribution in [0.2, 0.25) is 0 Å². The molecular weight excluding hydrogens is 228 g/mol. The number of likely N-dealkylation sites (N-methyl/N-ethyl adjacent to an activating group) is 2. The summed E-state index contributed by atoms with van der Waals surface area (Å²) in [5.74, 6) is 1.01. The van der Waals surface area contributed by atoms with Crippen molar-refractivity contribution < 1.29 is 9.53 Å². The fraction of sp³-hybridized carbons (Fsp3) is 0.500. The summed E-state index contributed by atoms with van der Waals surface area (Å²) in [6, 6.07) is 8.05. The molecule has 1 rings (SSSR count). The van der Waals surface area contributed by atoms with Gasteiger partial charge in [-0.05, 0) is 37.6 Å². The first kappa shape index (κ1) is 14.5. The molecular formula is C14H22N2O2. The molecule has 0 aliphatic heterocycles. The topological polar surface area (TPSA) is 41.6 Å². The zero-order valence-corrected chi connectivity index (χ0v) is 11.4. The van der Waals surface area contributed by atoms with Crippen molar-refractivity contribution in [3.8, 4) is 5.75 Å². The quantitative estimate of drug-likeness (QED) is 0.793. The molecule has 100 valence electrons. The van der Waals surface area contributed by atoms with Gasteiger partial charge in [-0.25, -0.2) is 0 Å². The zero-order valence-electron chi connectivity index (χ0n) is 11.4. The van der Waals surface area contributed by atoms with Crippen molar-refractivity contribution in [1.82, 2.24) is 10.2 Å². The van der Waals surface area contributed by atoms with Crippen LogP contribution in [0.4, 0.5) is 0 Å². The van der Waals surface area contributed by atoms with Crippen molar-refractivity contribution >= 4 is 5.91 Å². The minimum absolute atomic E-state index is 0.132. The van der Waals surface area contributed by atoms with Gasteiger partial charge in [0.2, 0.25) is 5.91 Å². The van der Waals surface area contributed by atoms with Crippen LogP contribution < -0.4 is 10.1 Å². The molecule has 0 spiro atoms. The Morgan fingerprint density at radius 3 is 2.56 bits per heavy atom. The van der Waals surface area contributed by atoms with Crippen LogP contribution in [0.3, 0.4) is 0 Å². The summed E-state index contributed by atoms with van der Waals surface area (Å²) in [4.78, 5) is 13.3. The molecule has 4 nitrogen and oxygen atoms in total. The number of carbonyl (C=O) groups is 1. The normalized spacial score (nSPS) is 10.2. The number of amides is 1. The number of carbonyl (C=O) groups excluding carboxylic acids is 1. The average Bonchev–Trinajstić information content (AvgIpc) is 2.39. The van der Waals surface area contributed by atoms with Crippen molar-refractivity contribution in [3.05, 3.63) is 29.8 Å². The highest BCUT2D eigenvalue weighted by molar-refractivity contribution is 5.77. The Labute approximate surface area is 109 Å². The fourth-order valence-electron chi connectivity index (χ4n) is 1.72. The predicted octanol–water partition coefficient (Wildman–Crippen LogP) is 1.31. The predicted molar refractivity (Wildman–Crippen MR) is 72.9 cm³/mol. The standard InChI is InChI=1S/C14H22N2O2/c1-15-11-14(17)16(2)10-4-5-12-6-8-13(18-3)9-7-12/h6-9,15H,4-5,10-11H2,1-3H3. The smallest absolute Gasteiger partial charge is 0.236 e. The first-order valence-corrected chi connectivity index (χ1v) is 6.19. The van der Waals surface area contributed by atoms with E-state index >= 15 is 0 Å². The van der Waals surface area contributed by atoms with E-state index in [1.807, 2.05) is 19.2 Å². The third-order valence-corrected chi connectivity index (χ3v) is 2.87. The van der Waals surface area contributed by atoms with Gasteiger partial charge in [-0.15, -0.1) is 0 Å². The lowest BCUT2D eigenvalue weighted by Gasteiger charge is -2.16. The van der Waals surface area contributed by atoms with Gasteiger partial charge in [0.1, 0.15) is 5.75 Å². The summed E-state index contributed by atoms with van der Waals surface area (Å²) >= 11 is 0. The van der Waals surface area contributed by atoms with E-state index in [0.29, 0.717) is 6.54 Å². The van der Waals surface area contributed by atoms with E-state index in [0.717, 1.165) is 25.1 Å². The molecule has 1 N–H and O–H groups in total. The van der Waals surface area contributed by atoms with Crippen molar-refractivity contribution in [2.24, 2.45) is 0 Å². The van der Waals surface area contributed by atoms with Gasteiger partial charge in [0.25, 0.3) is 0 Å². The third kappa shape index (κ3) is 4.75. The summed E-state index contributed by atoms with van der Waals surface area (Å²) in [5.41, 5.74) is 1.27. The Hall–Kier alpha value is -1.55. The van der Waals surface area contributed by atoms with Gasteiger partial charge in [-0.2, -0.15) is 0 Å². The van der Waals surface area contributed by atoms with E-state index in [2.05, 4.69) is 17.4 Å². The number of nitrogens with one attached hydrogen (secondary N) is 1. The number of methoxy groups -OCH3 is 1. The molecule has 0 saturated carbocycles. The maximum atomic E-state index is 11.5. The molecule has 0 atom stereocenters. The molecule has 1 aromatic rings. The summed E-state index contributed by atoms with van der Waals surface area (Å²) in [5, 5.41) is 2.86. The fourth-order valence-corrected chi connectivity index (χ4v) is 1.72. The van der Waals surface area contributed by atoms with Crippen LogP contribution in [-0.2, 0) is 11.2 Å². The van der Waals surface area contributed by atoms with Gasteiger partial charge in [-0.1, -0.05) is 12.1 Å². The maximum Gasteiger partial charge on any atom is 0.236 e. The Balaban J connectivity index is 2.30. The Kier molecular flexibility index (Phi) is 6.22. The van der Waals surface area contributed by atoms with Crippen molar-refractivity contribution in [2.75, 3.05) is 34.3 Å². The molecule has 0 heterocycles. The number of nitrogens with zero attached hydrogens (tertiary/aromatic N) is 1. The number of benzene rings is 1. The van der Waals surface area contributed by atoms with Gasteiger partial charge < -0.3 is 15.0 Å². The molecule has 0 aliphatic carbocycles. The van der Waals surface area contributed by atoms with Gasteiger partial charge >= 0.3 is 0 Å². The lowest BCUT2D eigenvalue weighted by Crippen LogP contribution is -2.34. The molecule has 1 amide bonds. The molecule has 0 aliphatic rings. The Morgan fingerprint density at radius 2 is 2.00 bits per heavy atom. The largest absolute Gasteiger partial charge is 0.497 e. The minimum Gasteiger partial charge on any atom is -0.497 e. The summed E-state index contributed by atoms with van der Waals surface area (Å²) in [6.45, 7) is 1.19. The van der Waals surface area contributed by atoms with Gasteiger partial charge in [-0.3, -0.25) is 4.79 Å². The molecule has 0 unspecified atom stereocenters. The Bertz CT molecular complexity index is 363. The van der Waals surface area contributed by atoms with Crippen molar-refractivity contribution in [3.63, 3.8) is 0 Å². The van der Waals surface area contributed by atoms with Gasteiger partial charge in [0.05, 0.1) is 13.7 Å². The maximum absolute atomic E-state index is 11.5. The summed E-state index contributed by atoms with van der Waals surface area (Å²) in [7, 11) is 5.29. The molecule has 1 aromatic carbocycles. The number of hydrogen-bond acceptors (Lipinski definition) is 3. The molecule has 4 heteroatoms. The average molecular weight is 250 g/mol. The molecule has 0 saturated heterocycles. The van der Waals surface area contributed by atoms with E-state index in [9.17, 15) is 4.79 Å². The second kappa shape index (κ2) is 7.71. The third-order valence-electron chi connectivity index (χ3n) is 2.87. The SMILES string of the molecule is CNCC(=O)N(C)CCCc1ccc(OC)cc1. The lowest BCUT2D eigenvalue weighted by molar-refractivity contribution is -0.128. The van der Waals surface area contributed by atoms with E-state index < -0.39 is 0 Å². The highest BCUT2D eigenvalue weighted by atomic mass is 16.5. The molecule has 0 radical (unpaired) electrons. The monoisotopic (exact) mass is 250 g/mol. The van der Waals surface area contributed by atoms with Crippen molar-refractivity contribution in [2.45, 2.75) is 12.8 Å².